The van der Waals surface area contributed by atoms with E-state index < -0.39 is 0 Å². The van der Waals surface area contributed by atoms with Crippen molar-refractivity contribution in [2.45, 2.75) is 57.7 Å². The van der Waals surface area contributed by atoms with Crippen LogP contribution in [-0.4, -0.2) is 22.4 Å². The molecule has 0 aromatic carbocycles. The third-order valence-corrected chi connectivity index (χ3v) is 2.78. The Bertz CT molecular complexity index is 117. The van der Waals surface area contributed by atoms with Gasteiger partial charge in [-0.05, 0) is 32.1 Å². The fourth-order valence-electron chi connectivity index (χ4n) is 2.06. The number of aliphatic hydroxyl groups excluding tert-OH is 2. The van der Waals surface area contributed by atoms with Gasteiger partial charge >= 0.3 is 0 Å². The van der Waals surface area contributed by atoms with Crippen LogP contribution in [-0.2, 0) is 0 Å². The lowest BCUT2D eigenvalue weighted by molar-refractivity contribution is 0.0368. The molecule has 0 amide bonds. The second-order valence-electron chi connectivity index (χ2n) is 4.05. The average molecular weight is 172 g/mol. The Morgan fingerprint density at radius 1 is 1.17 bits per heavy atom. The highest BCUT2D eigenvalue weighted by atomic mass is 16.3. The molecule has 72 valence electrons. The maximum absolute atomic E-state index is 9.68. The van der Waals surface area contributed by atoms with Crippen LogP contribution in [0.5, 0.6) is 0 Å². The van der Waals surface area contributed by atoms with Crippen LogP contribution in [0, 0.1) is 5.92 Å². The molecule has 0 heterocycles. The minimum Gasteiger partial charge on any atom is -0.393 e. The Balaban J connectivity index is 2.24. The fraction of sp³-hybridized carbons (Fsp3) is 1.00. The van der Waals surface area contributed by atoms with Crippen molar-refractivity contribution in [1.29, 1.82) is 0 Å². The Labute approximate surface area is 74.6 Å². The summed E-state index contributed by atoms with van der Waals surface area (Å²) in [5, 5.41) is 18.8. The normalized spacial score (nSPS) is 25.2. The molecular weight excluding hydrogens is 152 g/mol. The minimum atomic E-state index is -0.359. The summed E-state index contributed by atoms with van der Waals surface area (Å²) in [6, 6.07) is 0. The SMILES string of the molecule is CC(O)CC(O)C1CCCCC1. The molecular formula is C10H20O2. The molecule has 2 N–H and O–H groups in total. The molecule has 2 atom stereocenters. The summed E-state index contributed by atoms with van der Waals surface area (Å²) in [6.45, 7) is 1.74. The highest BCUT2D eigenvalue weighted by Gasteiger charge is 2.22. The molecule has 0 aromatic heterocycles. The Morgan fingerprint density at radius 2 is 1.75 bits per heavy atom. The van der Waals surface area contributed by atoms with Crippen LogP contribution >= 0.6 is 0 Å². The van der Waals surface area contributed by atoms with E-state index in [0.29, 0.717) is 12.3 Å². The zero-order valence-corrected chi connectivity index (χ0v) is 7.87. The van der Waals surface area contributed by atoms with Crippen molar-refractivity contribution >= 4 is 0 Å². The number of hydrogen-bond donors (Lipinski definition) is 2. The molecule has 12 heavy (non-hydrogen) atoms. The summed E-state index contributed by atoms with van der Waals surface area (Å²) in [5.41, 5.74) is 0. The van der Waals surface area contributed by atoms with Crippen LogP contribution in [0.4, 0.5) is 0 Å². The predicted molar refractivity (Wildman–Crippen MR) is 48.9 cm³/mol. The van der Waals surface area contributed by atoms with Crippen molar-refractivity contribution < 1.29 is 10.2 Å². The average Bonchev–Trinajstić information content (AvgIpc) is 2.05. The first-order chi connectivity index (χ1) is 5.70. The highest BCUT2D eigenvalue weighted by molar-refractivity contribution is 4.74. The summed E-state index contributed by atoms with van der Waals surface area (Å²) in [4.78, 5) is 0. The summed E-state index contributed by atoms with van der Waals surface area (Å²) in [6.07, 6.45) is 6.03. The maximum atomic E-state index is 9.68. The highest BCUT2D eigenvalue weighted by Crippen LogP contribution is 2.28. The van der Waals surface area contributed by atoms with Crippen LogP contribution in [0.1, 0.15) is 45.4 Å². The van der Waals surface area contributed by atoms with Crippen molar-refractivity contribution in [2.24, 2.45) is 5.92 Å². The van der Waals surface area contributed by atoms with Gasteiger partial charge in [0.25, 0.3) is 0 Å². The molecule has 0 bridgehead atoms. The van der Waals surface area contributed by atoms with Crippen LogP contribution in [0.3, 0.4) is 0 Å². The molecule has 1 rings (SSSR count). The molecule has 0 aromatic rings. The van der Waals surface area contributed by atoms with Crippen LogP contribution in [0.25, 0.3) is 0 Å². The largest absolute Gasteiger partial charge is 0.393 e. The quantitative estimate of drug-likeness (QED) is 0.680. The van der Waals surface area contributed by atoms with Crippen molar-refractivity contribution in [1.82, 2.24) is 0 Å². The second-order valence-corrected chi connectivity index (χ2v) is 4.05. The van der Waals surface area contributed by atoms with Crippen molar-refractivity contribution in [3.8, 4) is 0 Å². The number of aliphatic hydroxyl groups is 2. The smallest absolute Gasteiger partial charge is 0.0592 e. The summed E-state index contributed by atoms with van der Waals surface area (Å²) < 4.78 is 0. The summed E-state index contributed by atoms with van der Waals surface area (Å²) >= 11 is 0. The molecule has 2 heteroatoms. The molecule has 1 saturated carbocycles. The van der Waals surface area contributed by atoms with Gasteiger partial charge in [-0.25, -0.2) is 0 Å². The first-order valence-electron chi connectivity index (χ1n) is 5.06. The van der Waals surface area contributed by atoms with Gasteiger partial charge in [0.05, 0.1) is 12.2 Å². The zero-order chi connectivity index (χ0) is 8.97. The van der Waals surface area contributed by atoms with E-state index in [1.54, 1.807) is 6.92 Å². The Hall–Kier alpha value is -0.0800. The number of hydrogen-bond acceptors (Lipinski definition) is 2. The van der Waals surface area contributed by atoms with E-state index >= 15 is 0 Å². The van der Waals surface area contributed by atoms with Gasteiger partial charge in [-0.15, -0.1) is 0 Å². The van der Waals surface area contributed by atoms with E-state index in [1.165, 1.54) is 19.3 Å². The van der Waals surface area contributed by atoms with Crippen molar-refractivity contribution in [2.75, 3.05) is 0 Å². The topological polar surface area (TPSA) is 40.5 Å². The lowest BCUT2D eigenvalue weighted by Crippen LogP contribution is -2.26. The third kappa shape index (κ3) is 3.11. The summed E-state index contributed by atoms with van der Waals surface area (Å²) in [7, 11) is 0. The fourth-order valence-corrected chi connectivity index (χ4v) is 2.06. The Morgan fingerprint density at radius 3 is 2.25 bits per heavy atom. The molecule has 0 saturated heterocycles. The monoisotopic (exact) mass is 172 g/mol. The minimum absolute atomic E-state index is 0.273. The molecule has 2 nitrogen and oxygen atoms in total. The number of rotatable bonds is 3. The lowest BCUT2D eigenvalue weighted by atomic mass is 9.83. The van der Waals surface area contributed by atoms with E-state index in [-0.39, 0.29) is 12.2 Å². The molecule has 0 spiro atoms. The standard InChI is InChI=1S/C10H20O2/c1-8(11)7-10(12)9-5-3-2-4-6-9/h8-12H,2-7H2,1H3. The zero-order valence-electron chi connectivity index (χ0n) is 7.87. The molecule has 2 unspecified atom stereocenters. The van der Waals surface area contributed by atoms with Gasteiger partial charge in [0, 0.05) is 0 Å². The van der Waals surface area contributed by atoms with E-state index in [1.807, 2.05) is 0 Å². The van der Waals surface area contributed by atoms with E-state index in [4.69, 9.17) is 5.11 Å². The van der Waals surface area contributed by atoms with Gasteiger partial charge in [0.1, 0.15) is 0 Å². The van der Waals surface area contributed by atoms with Gasteiger partial charge in [-0.2, -0.15) is 0 Å². The third-order valence-electron chi connectivity index (χ3n) is 2.78. The van der Waals surface area contributed by atoms with Crippen LogP contribution in [0.15, 0.2) is 0 Å². The molecule has 0 radical (unpaired) electrons. The van der Waals surface area contributed by atoms with E-state index in [0.717, 1.165) is 12.8 Å². The molecule has 0 aliphatic heterocycles. The molecule has 1 aliphatic carbocycles. The molecule has 1 fully saturated rings. The van der Waals surface area contributed by atoms with Crippen molar-refractivity contribution in [3.05, 3.63) is 0 Å². The summed E-state index contributed by atoms with van der Waals surface area (Å²) in [5.74, 6) is 0.452. The predicted octanol–water partition coefficient (Wildman–Crippen LogP) is 1.70. The van der Waals surface area contributed by atoms with Gasteiger partial charge < -0.3 is 10.2 Å². The van der Waals surface area contributed by atoms with Gasteiger partial charge in [-0.1, -0.05) is 19.3 Å². The van der Waals surface area contributed by atoms with Crippen LogP contribution < -0.4 is 0 Å². The second kappa shape index (κ2) is 4.83. The van der Waals surface area contributed by atoms with Gasteiger partial charge in [-0.3, -0.25) is 0 Å². The maximum Gasteiger partial charge on any atom is 0.0592 e. The molecule has 1 aliphatic rings. The Kier molecular flexibility index (Phi) is 4.02. The van der Waals surface area contributed by atoms with E-state index in [9.17, 15) is 5.11 Å². The first-order valence-corrected chi connectivity index (χ1v) is 5.06. The van der Waals surface area contributed by atoms with E-state index in [2.05, 4.69) is 0 Å². The lowest BCUT2D eigenvalue weighted by Gasteiger charge is -2.27. The van der Waals surface area contributed by atoms with Crippen molar-refractivity contribution in [3.63, 3.8) is 0 Å². The van der Waals surface area contributed by atoms with Gasteiger partial charge in [0.15, 0.2) is 0 Å². The van der Waals surface area contributed by atoms with Crippen LogP contribution in [0.2, 0.25) is 0 Å². The first kappa shape index (κ1) is 10.0. The van der Waals surface area contributed by atoms with Gasteiger partial charge in [0.2, 0.25) is 0 Å².